The van der Waals surface area contributed by atoms with E-state index in [4.69, 9.17) is 0 Å². The molecule has 0 aliphatic heterocycles. The number of aromatic nitrogens is 4. The second-order valence-electron chi connectivity index (χ2n) is 3.57. The van der Waals surface area contributed by atoms with E-state index in [9.17, 15) is 4.79 Å². The summed E-state index contributed by atoms with van der Waals surface area (Å²) >= 11 is 0. The number of hydrogen-bond donors (Lipinski definition) is 1. The zero-order valence-corrected chi connectivity index (χ0v) is 8.40. The average Bonchev–Trinajstić information content (AvgIpc) is 2.47. The molecule has 2 aromatic heterocycles. The molecule has 0 spiro atoms. The molecule has 0 atom stereocenters. The van der Waals surface area contributed by atoms with Crippen molar-refractivity contribution in [2.24, 2.45) is 0 Å². The molecule has 0 radical (unpaired) electrons. The van der Waals surface area contributed by atoms with Crippen molar-refractivity contribution < 1.29 is 0 Å². The summed E-state index contributed by atoms with van der Waals surface area (Å²) in [7, 11) is 0. The van der Waals surface area contributed by atoms with E-state index in [-0.39, 0.29) is 11.6 Å². The van der Waals surface area contributed by atoms with Crippen molar-refractivity contribution in [2.75, 3.05) is 0 Å². The third-order valence-corrected chi connectivity index (χ3v) is 2.11. The Morgan fingerprint density at radius 2 is 2.21 bits per heavy atom. The smallest absolute Gasteiger partial charge is 0.279 e. The number of nitrogens with zero attached hydrogens (tertiary/aromatic N) is 3. The molecule has 0 aliphatic carbocycles. The van der Waals surface area contributed by atoms with Gasteiger partial charge in [-0.3, -0.25) is 4.79 Å². The molecule has 0 bridgehead atoms. The predicted molar refractivity (Wildman–Crippen MR) is 53.3 cm³/mol. The maximum Gasteiger partial charge on any atom is 0.279 e. The van der Waals surface area contributed by atoms with Crippen molar-refractivity contribution in [3.8, 4) is 0 Å². The Balaban J connectivity index is 2.85. The number of imidazole rings is 1. The summed E-state index contributed by atoms with van der Waals surface area (Å²) in [6, 6.07) is 0.258. The number of hydrogen-bond acceptors (Lipinski definition) is 3. The fraction of sp³-hybridized carbons (Fsp3) is 0.444. The summed E-state index contributed by atoms with van der Waals surface area (Å²) < 4.78 is 1.89. The summed E-state index contributed by atoms with van der Waals surface area (Å²) in [5.41, 5.74) is 0.887. The largest absolute Gasteiger partial charge is 0.313 e. The minimum absolute atomic E-state index is 0.174. The lowest BCUT2D eigenvalue weighted by atomic mass is 10.4. The number of H-pyrrole nitrogens is 1. The predicted octanol–water partition coefficient (Wildman–Crippen LogP) is 1.01. The van der Waals surface area contributed by atoms with Crippen LogP contribution in [0.25, 0.3) is 11.2 Å². The van der Waals surface area contributed by atoms with Crippen molar-refractivity contribution in [3.63, 3.8) is 0 Å². The fourth-order valence-electron chi connectivity index (χ4n) is 1.41. The molecule has 1 N–H and O–H groups in total. The summed E-state index contributed by atoms with van der Waals surface area (Å²) in [6.45, 7) is 5.82. The van der Waals surface area contributed by atoms with Crippen LogP contribution in [0, 0.1) is 6.92 Å². The first-order valence-corrected chi connectivity index (χ1v) is 4.53. The molecule has 2 aromatic rings. The lowest BCUT2D eigenvalue weighted by molar-refractivity contribution is 0.612. The SMILES string of the molecule is Cc1nc2c(ncn2C(C)C)c(=O)[nH]1. The highest BCUT2D eigenvalue weighted by Crippen LogP contribution is 2.11. The lowest BCUT2D eigenvalue weighted by Crippen LogP contribution is -2.11. The van der Waals surface area contributed by atoms with Gasteiger partial charge < -0.3 is 9.55 Å². The first kappa shape index (κ1) is 8.93. The highest BCUT2D eigenvalue weighted by molar-refractivity contribution is 5.69. The van der Waals surface area contributed by atoms with Crippen LogP contribution in [0.2, 0.25) is 0 Å². The van der Waals surface area contributed by atoms with E-state index in [2.05, 4.69) is 15.0 Å². The van der Waals surface area contributed by atoms with Gasteiger partial charge in [0.25, 0.3) is 5.56 Å². The van der Waals surface area contributed by atoms with Crippen LogP contribution in [0.15, 0.2) is 11.1 Å². The van der Waals surface area contributed by atoms with E-state index >= 15 is 0 Å². The van der Waals surface area contributed by atoms with Gasteiger partial charge in [-0.2, -0.15) is 0 Å². The molecule has 5 heteroatoms. The zero-order chi connectivity index (χ0) is 10.3. The normalized spacial score (nSPS) is 11.4. The quantitative estimate of drug-likeness (QED) is 0.733. The standard InChI is InChI=1S/C9H12N4O/c1-5(2)13-4-10-7-8(13)11-6(3)12-9(7)14/h4-5H,1-3H3,(H,11,12,14). The molecule has 74 valence electrons. The Hall–Kier alpha value is -1.65. The number of rotatable bonds is 1. The Morgan fingerprint density at radius 1 is 1.50 bits per heavy atom. The van der Waals surface area contributed by atoms with Crippen molar-refractivity contribution >= 4 is 11.2 Å². The van der Waals surface area contributed by atoms with E-state index in [1.807, 2.05) is 18.4 Å². The number of aryl methyl sites for hydroxylation is 1. The molecule has 0 saturated carbocycles. The Kier molecular flexibility index (Phi) is 1.87. The van der Waals surface area contributed by atoms with E-state index in [1.54, 1.807) is 13.3 Å². The Bertz CT molecular complexity index is 523. The highest BCUT2D eigenvalue weighted by atomic mass is 16.1. The summed E-state index contributed by atoms with van der Waals surface area (Å²) in [5, 5.41) is 0. The third kappa shape index (κ3) is 1.21. The van der Waals surface area contributed by atoms with Crippen LogP contribution < -0.4 is 5.56 Å². The minimum Gasteiger partial charge on any atom is -0.313 e. The van der Waals surface area contributed by atoms with Gasteiger partial charge in [-0.05, 0) is 20.8 Å². The van der Waals surface area contributed by atoms with Crippen molar-refractivity contribution in [1.29, 1.82) is 0 Å². The van der Waals surface area contributed by atoms with Gasteiger partial charge in [-0.1, -0.05) is 0 Å². The van der Waals surface area contributed by atoms with Crippen LogP contribution in [0.1, 0.15) is 25.7 Å². The van der Waals surface area contributed by atoms with E-state index in [0.29, 0.717) is 17.0 Å². The van der Waals surface area contributed by atoms with Crippen molar-refractivity contribution in [3.05, 3.63) is 22.5 Å². The van der Waals surface area contributed by atoms with Crippen molar-refractivity contribution in [1.82, 2.24) is 19.5 Å². The molecule has 0 unspecified atom stereocenters. The fourth-order valence-corrected chi connectivity index (χ4v) is 1.41. The molecular formula is C9H12N4O. The zero-order valence-electron chi connectivity index (χ0n) is 8.40. The summed E-state index contributed by atoms with van der Waals surface area (Å²) in [5.74, 6) is 0.616. The molecule has 2 heterocycles. The van der Waals surface area contributed by atoms with Gasteiger partial charge in [0.1, 0.15) is 5.82 Å². The van der Waals surface area contributed by atoms with Gasteiger partial charge >= 0.3 is 0 Å². The van der Waals surface area contributed by atoms with Crippen LogP contribution in [0.5, 0.6) is 0 Å². The average molecular weight is 192 g/mol. The van der Waals surface area contributed by atoms with Gasteiger partial charge in [0, 0.05) is 6.04 Å². The second-order valence-corrected chi connectivity index (χ2v) is 3.57. The van der Waals surface area contributed by atoms with Gasteiger partial charge in [-0.15, -0.1) is 0 Å². The summed E-state index contributed by atoms with van der Waals surface area (Å²) in [6.07, 6.45) is 1.65. The van der Waals surface area contributed by atoms with Crippen LogP contribution in [0.3, 0.4) is 0 Å². The molecular weight excluding hydrogens is 180 g/mol. The number of fused-ring (bicyclic) bond motifs is 1. The molecule has 5 nitrogen and oxygen atoms in total. The van der Waals surface area contributed by atoms with Crippen LogP contribution in [-0.4, -0.2) is 19.5 Å². The molecule has 2 rings (SSSR count). The Labute approximate surface area is 80.8 Å². The van der Waals surface area contributed by atoms with Crippen LogP contribution in [-0.2, 0) is 0 Å². The maximum atomic E-state index is 11.5. The molecule has 0 saturated heterocycles. The molecule has 0 fully saturated rings. The van der Waals surface area contributed by atoms with Gasteiger partial charge in [0.05, 0.1) is 6.33 Å². The number of nitrogens with one attached hydrogen (secondary N) is 1. The number of aromatic amines is 1. The summed E-state index contributed by atoms with van der Waals surface area (Å²) in [4.78, 5) is 22.4. The van der Waals surface area contributed by atoms with Crippen LogP contribution in [0.4, 0.5) is 0 Å². The van der Waals surface area contributed by atoms with Gasteiger partial charge in [-0.25, -0.2) is 9.97 Å². The first-order valence-electron chi connectivity index (χ1n) is 4.53. The first-order chi connectivity index (χ1) is 6.59. The second kappa shape index (κ2) is 2.94. The molecule has 0 aliphatic rings. The van der Waals surface area contributed by atoms with Gasteiger partial charge in [0.15, 0.2) is 11.2 Å². The topological polar surface area (TPSA) is 63.6 Å². The van der Waals surface area contributed by atoms with Crippen LogP contribution >= 0.6 is 0 Å². The minimum atomic E-state index is -0.174. The lowest BCUT2D eigenvalue weighted by Gasteiger charge is -2.06. The van der Waals surface area contributed by atoms with E-state index < -0.39 is 0 Å². The third-order valence-electron chi connectivity index (χ3n) is 2.11. The van der Waals surface area contributed by atoms with E-state index in [0.717, 1.165) is 0 Å². The van der Waals surface area contributed by atoms with Gasteiger partial charge in [0.2, 0.25) is 0 Å². The van der Waals surface area contributed by atoms with Crippen molar-refractivity contribution in [2.45, 2.75) is 26.8 Å². The monoisotopic (exact) mass is 192 g/mol. The molecule has 0 amide bonds. The van der Waals surface area contributed by atoms with E-state index in [1.165, 1.54) is 0 Å². The maximum absolute atomic E-state index is 11.5. The molecule has 0 aromatic carbocycles. The highest BCUT2D eigenvalue weighted by Gasteiger charge is 2.09. The Morgan fingerprint density at radius 3 is 2.86 bits per heavy atom. The molecule has 14 heavy (non-hydrogen) atoms.